The summed E-state index contributed by atoms with van der Waals surface area (Å²) in [5, 5.41) is 8.98. The lowest BCUT2D eigenvalue weighted by Crippen LogP contribution is -2.42. The van der Waals surface area contributed by atoms with Crippen molar-refractivity contribution < 1.29 is 14.3 Å². The molecule has 2 amide bonds. The summed E-state index contributed by atoms with van der Waals surface area (Å²) in [6, 6.07) is 19.4. The van der Waals surface area contributed by atoms with Crippen molar-refractivity contribution in [3.8, 4) is 11.8 Å². The molecule has 7 nitrogen and oxygen atoms in total. The molecule has 7 heteroatoms. The van der Waals surface area contributed by atoms with Gasteiger partial charge in [0.05, 0.1) is 26.1 Å². The molecule has 0 spiro atoms. The summed E-state index contributed by atoms with van der Waals surface area (Å²) in [6.45, 7) is 3.44. The lowest BCUT2D eigenvalue weighted by molar-refractivity contribution is -0.131. The molecule has 1 aliphatic rings. The Morgan fingerprint density at radius 3 is 2.48 bits per heavy atom. The van der Waals surface area contributed by atoms with E-state index < -0.39 is 0 Å². The Morgan fingerprint density at radius 1 is 1.03 bits per heavy atom. The van der Waals surface area contributed by atoms with Crippen LogP contribution in [0.3, 0.4) is 0 Å². The van der Waals surface area contributed by atoms with Crippen LogP contribution in [0.1, 0.15) is 24.8 Å². The average molecular weight is 449 g/mol. The van der Waals surface area contributed by atoms with Crippen LogP contribution in [0.15, 0.2) is 54.6 Å². The van der Waals surface area contributed by atoms with Gasteiger partial charge in [0.2, 0.25) is 11.8 Å². The van der Waals surface area contributed by atoms with Crippen molar-refractivity contribution in [2.24, 2.45) is 0 Å². The molecule has 0 bridgehead atoms. The normalized spacial score (nSPS) is 14.2. The number of ether oxygens (including phenoxy) is 1. The van der Waals surface area contributed by atoms with Gasteiger partial charge in [0, 0.05) is 44.8 Å². The number of amides is 2. The summed E-state index contributed by atoms with van der Waals surface area (Å²) in [5.74, 6) is 0.945. The summed E-state index contributed by atoms with van der Waals surface area (Å²) in [5.41, 5.74) is 1.92. The largest absolute Gasteiger partial charge is 0.497 e. The quantitative estimate of drug-likeness (QED) is 0.589. The summed E-state index contributed by atoms with van der Waals surface area (Å²) in [6.07, 6.45) is 2.30. The minimum absolute atomic E-state index is 0.0178. The summed E-state index contributed by atoms with van der Waals surface area (Å²) >= 11 is 0. The number of nitrogens with zero attached hydrogens (tertiary/aromatic N) is 4. The Balaban J connectivity index is 1.50. The van der Waals surface area contributed by atoms with Gasteiger partial charge >= 0.3 is 0 Å². The lowest BCUT2D eigenvalue weighted by atomic mass is 10.1. The number of methoxy groups -OCH3 is 1. The van der Waals surface area contributed by atoms with Gasteiger partial charge in [0.25, 0.3) is 0 Å². The van der Waals surface area contributed by atoms with Crippen molar-refractivity contribution in [3.05, 3.63) is 60.2 Å². The number of nitriles is 1. The molecule has 3 rings (SSSR count). The number of aryl methyl sites for hydroxylation is 1. The van der Waals surface area contributed by atoms with Crippen molar-refractivity contribution in [2.45, 2.75) is 25.7 Å². The van der Waals surface area contributed by atoms with E-state index in [4.69, 9.17) is 10.00 Å². The zero-order chi connectivity index (χ0) is 23.5. The third kappa shape index (κ3) is 7.33. The summed E-state index contributed by atoms with van der Waals surface area (Å²) < 4.78 is 5.18. The molecule has 2 aromatic rings. The average Bonchev–Trinajstić information content (AvgIpc) is 3.09. The molecule has 0 aromatic heterocycles. The molecule has 1 saturated heterocycles. The van der Waals surface area contributed by atoms with Crippen LogP contribution in [0.25, 0.3) is 0 Å². The van der Waals surface area contributed by atoms with Crippen LogP contribution < -0.4 is 9.64 Å². The zero-order valence-electron chi connectivity index (χ0n) is 19.3. The predicted molar refractivity (Wildman–Crippen MR) is 128 cm³/mol. The number of hydrogen-bond acceptors (Lipinski definition) is 5. The zero-order valence-corrected chi connectivity index (χ0v) is 19.3. The van der Waals surface area contributed by atoms with Gasteiger partial charge in [-0.2, -0.15) is 5.26 Å². The topological polar surface area (TPSA) is 76.9 Å². The molecule has 0 N–H and O–H groups in total. The van der Waals surface area contributed by atoms with Crippen molar-refractivity contribution in [1.29, 1.82) is 5.26 Å². The van der Waals surface area contributed by atoms with Gasteiger partial charge in [-0.15, -0.1) is 0 Å². The Kier molecular flexibility index (Phi) is 9.28. The SMILES string of the molecule is COc1ccc(CCC(=O)N2CCCN(CC(=O)N(CCC#N)c3ccccc3)CC2)cc1. The fraction of sp³-hybridized carbons (Fsp3) is 0.423. The van der Waals surface area contributed by atoms with Crippen LogP contribution >= 0.6 is 0 Å². The number of carbonyl (C=O) groups excluding carboxylic acids is 2. The van der Waals surface area contributed by atoms with Gasteiger partial charge in [0.15, 0.2) is 0 Å². The van der Waals surface area contributed by atoms with Gasteiger partial charge in [-0.1, -0.05) is 30.3 Å². The Labute approximate surface area is 196 Å². The minimum atomic E-state index is -0.0178. The molecule has 1 aliphatic heterocycles. The van der Waals surface area contributed by atoms with Crippen molar-refractivity contribution in [2.75, 3.05) is 51.3 Å². The molecule has 2 aromatic carbocycles. The fourth-order valence-electron chi connectivity index (χ4n) is 4.02. The van der Waals surface area contributed by atoms with Crippen LogP contribution in [0.4, 0.5) is 5.69 Å². The van der Waals surface area contributed by atoms with Crippen LogP contribution in [-0.2, 0) is 16.0 Å². The molecule has 0 aliphatic carbocycles. The first kappa shape index (κ1) is 24.3. The molecule has 1 fully saturated rings. The van der Waals surface area contributed by atoms with Crippen LogP contribution in [0.2, 0.25) is 0 Å². The number of anilines is 1. The molecule has 33 heavy (non-hydrogen) atoms. The van der Waals surface area contributed by atoms with E-state index in [1.807, 2.05) is 59.5 Å². The van der Waals surface area contributed by atoms with E-state index in [9.17, 15) is 9.59 Å². The molecular weight excluding hydrogens is 416 g/mol. The Hall–Kier alpha value is -3.37. The first-order chi connectivity index (χ1) is 16.1. The maximum Gasteiger partial charge on any atom is 0.241 e. The second-order valence-electron chi connectivity index (χ2n) is 8.15. The molecular formula is C26H32N4O3. The number of rotatable bonds is 9. The number of carbonyl (C=O) groups is 2. The third-order valence-electron chi connectivity index (χ3n) is 5.90. The predicted octanol–water partition coefficient (Wildman–Crippen LogP) is 3.11. The van der Waals surface area contributed by atoms with E-state index in [-0.39, 0.29) is 24.8 Å². The number of hydrogen-bond donors (Lipinski definition) is 0. The first-order valence-electron chi connectivity index (χ1n) is 11.5. The van der Waals surface area contributed by atoms with Gasteiger partial charge in [-0.25, -0.2) is 0 Å². The molecule has 0 saturated carbocycles. The molecule has 0 atom stereocenters. The molecule has 174 valence electrons. The van der Waals surface area contributed by atoms with E-state index in [0.29, 0.717) is 39.0 Å². The number of para-hydroxylation sites is 1. The highest BCUT2D eigenvalue weighted by atomic mass is 16.5. The Bertz CT molecular complexity index is 940. The van der Waals surface area contributed by atoms with Crippen molar-refractivity contribution in [1.82, 2.24) is 9.80 Å². The van der Waals surface area contributed by atoms with Gasteiger partial charge in [0.1, 0.15) is 5.75 Å². The molecule has 0 unspecified atom stereocenters. The highest BCUT2D eigenvalue weighted by Gasteiger charge is 2.23. The number of benzene rings is 2. The van der Waals surface area contributed by atoms with Crippen molar-refractivity contribution >= 4 is 17.5 Å². The van der Waals surface area contributed by atoms with Gasteiger partial charge in [-0.05, 0) is 42.7 Å². The van der Waals surface area contributed by atoms with Gasteiger partial charge < -0.3 is 14.5 Å². The second kappa shape index (κ2) is 12.6. The maximum absolute atomic E-state index is 13.0. The fourth-order valence-corrected chi connectivity index (χ4v) is 4.02. The molecule has 0 radical (unpaired) electrons. The van der Waals surface area contributed by atoms with E-state index in [0.717, 1.165) is 30.0 Å². The van der Waals surface area contributed by atoms with Gasteiger partial charge in [-0.3, -0.25) is 14.5 Å². The standard InChI is InChI=1S/C26H32N4O3/c1-33-24-12-9-22(10-13-24)11-14-25(31)29-17-6-16-28(19-20-29)21-26(32)30(18-5-15-27)23-7-3-2-4-8-23/h2-4,7-10,12-13H,5-6,11,14,16-21H2,1H3. The van der Waals surface area contributed by atoms with E-state index in [1.54, 1.807) is 12.0 Å². The van der Waals surface area contributed by atoms with Crippen LogP contribution in [0, 0.1) is 11.3 Å². The first-order valence-corrected chi connectivity index (χ1v) is 11.5. The summed E-state index contributed by atoms with van der Waals surface area (Å²) in [7, 11) is 1.64. The summed E-state index contributed by atoms with van der Waals surface area (Å²) in [4.78, 5) is 31.5. The van der Waals surface area contributed by atoms with Crippen LogP contribution in [0.5, 0.6) is 5.75 Å². The highest BCUT2D eigenvalue weighted by Crippen LogP contribution is 2.16. The minimum Gasteiger partial charge on any atom is -0.497 e. The smallest absolute Gasteiger partial charge is 0.241 e. The van der Waals surface area contributed by atoms with E-state index in [2.05, 4.69) is 11.0 Å². The highest BCUT2D eigenvalue weighted by molar-refractivity contribution is 5.94. The third-order valence-corrected chi connectivity index (χ3v) is 5.90. The monoisotopic (exact) mass is 448 g/mol. The van der Waals surface area contributed by atoms with E-state index in [1.165, 1.54) is 0 Å². The lowest BCUT2D eigenvalue weighted by Gasteiger charge is -2.26. The van der Waals surface area contributed by atoms with Crippen molar-refractivity contribution in [3.63, 3.8) is 0 Å². The Morgan fingerprint density at radius 2 is 1.79 bits per heavy atom. The second-order valence-corrected chi connectivity index (χ2v) is 8.15. The van der Waals surface area contributed by atoms with Crippen LogP contribution in [-0.4, -0.2) is 68.0 Å². The maximum atomic E-state index is 13.0. The molecule has 1 heterocycles. The van der Waals surface area contributed by atoms with E-state index >= 15 is 0 Å².